The largest absolute Gasteiger partial charge is 0.493 e. The van der Waals surface area contributed by atoms with Gasteiger partial charge in [0.25, 0.3) is 0 Å². The molecule has 116 valence electrons. The van der Waals surface area contributed by atoms with Crippen molar-refractivity contribution in [2.45, 2.75) is 36.4 Å². The Balaban J connectivity index is 1.97. The molecule has 2 heterocycles. The number of aliphatic hydroxyl groups is 1. The van der Waals surface area contributed by atoms with Crippen LogP contribution in [0.25, 0.3) is 0 Å². The average molecular weight is 309 g/mol. The first-order valence-electron chi connectivity index (χ1n) is 12.1. The maximum Gasteiger partial charge on any atom is 0.211 e. The monoisotopic (exact) mass is 309 g/mol. The average Bonchev–Trinajstić information content (AvgIpc) is 2.97. The summed E-state index contributed by atoms with van der Waals surface area (Å²) in [4.78, 5) is 0.912. The molecule has 0 saturated carbocycles. The van der Waals surface area contributed by atoms with Crippen LogP contribution in [0.15, 0.2) is 24.2 Å². The van der Waals surface area contributed by atoms with Gasteiger partial charge in [0.15, 0.2) is 11.5 Å². The molecule has 2 unspecified atom stereocenters. The minimum Gasteiger partial charge on any atom is -0.493 e. The van der Waals surface area contributed by atoms with E-state index >= 15 is 0 Å². The van der Waals surface area contributed by atoms with Crippen LogP contribution in [-0.2, 0) is 11.8 Å². The lowest BCUT2D eigenvalue weighted by Crippen LogP contribution is -2.64. The number of hydrogen-bond acceptors (Lipinski definition) is 4. The minimum absolute atomic E-state index is 0.0862. The number of ether oxygens (including phenoxy) is 2. The molecule has 1 aromatic rings. The fraction of sp³-hybridized carbons (Fsp3) is 0.556. The Bertz CT molecular complexity index is 1080. The highest BCUT2D eigenvalue weighted by Gasteiger charge is 2.64. The summed E-state index contributed by atoms with van der Waals surface area (Å²) < 4.78 is 96.6. The quantitative estimate of drug-likeness (QED) is 0.841. The molecule has 2 aliphatic carbocycles. The molecule has 4 heteroatoms. The standard InChI is InChI=1S/C18H21NO3/c1-19-8-7-18-11-4-5-13(20)17(18)22-16-14(21-2)6-3-10(15(16)18)9-12(11)19/h3-6,11-13,17,20H,7-9H2,1-2H3/t11-,12+,13?,17?,18-/m0/s1/i1D3,3D,6D,11D,12D,13D,17D,20D. The third-order valence-corrected chi connectivity index (χ3v) is 5.06. The second kappa shape index (κ2) is 4.06. The van der Waals surface area contributed by atoms with Gasteiger partial charge in [0.05, 0.1) is 12.6 Å². The van der Waals surface area contributed by atoms with Gasteiger partial charge >= 0.3 is 0 Å². The molecule has 0 radical (unpaired) electrons. The second-order valence-electron chi connectivity index (χ2n) is 5.94. The van der Waals surface area contributed by atoms with Crippen LogP contribution in [-0.4, -0.2) is 50.2 Å². The van der Waals surface area contributed by atoms with Gasteiger partial charge in [-0.2, -0.15) is 0 Å². The zero-order chi connectivity index (χ0) is 23.7. The first kappa shape index (κ1) is 6.54. The Kier molecular flexibility index (Phi) is 1.21. The van der Waals surface area contributed by atoms with Crippen molar-refractivity contribution in [3.05, 3.63) is 35.4 Å². The van der Waals surface area contributed by atoms with E-state index in [2.05, 4.69) is 5.11 Å². The van der Waals surface area contributed by atoms with Gasteiger partial charge in [-0.15, -0.1) is 0 Å². The molecule has 5 atom stereocenters. The number of benzene rings is 1. The van der Waals surface area contributed by atoms with E-state index < -0.39 is 36.5 Å². The van der Waals surface area contributed by atoms with Crippen molar-refractivity contribution < 1.29 is 26.9 Å². The summed E-state index contributed by atoms with van der Waals surface area (Å²) in [7, 11) is 1.27. The molecule has 5 rings (SSSR count). The van der Waals surface area contributed by atoms with Crippen molar-refractivity contribution in [2.75, 3.05) is 20.6 Å². The first-order valence-corrected chi connectivity index (χ1v) is 7.21. The summed E-state index contributed by atoms with van der Waals surface area (Å²) in [6.07, 6.45) is -3.27. The Morgan fingerprint density at radius 2 is 2.55 bits per heavy atom. The Hall–Kier alpha value is -1.52. The summed E-state index contributed by atoms with van der Waals surface area (Å²) in [6.45, 7) is -2.95. The fourth-order valence-corrected chi connectivity index (χ4v) is 4.16. The van der Waals surface area contributed by atoms with E-state index in [1.54, 1.807) is 0 Å². The van der Waals surface area contributed by atoms with Gasteiger partial charge in [-0.1, -0.05) is 18.2 Å². The van der Waals surface area contributed by atoms with E-state index in [-0.39, 0.29) is 54.1 Å². The molecule has 1 fully saturated rings. The van der Waals surface area contributed by atoms with Crippen LogP contribution < -0.4 is 9.47 Å². The number of rotatable bonds is 2. The Labute approximate surface area is 144 Å². The van der Waals surface area contributed by atoms with Crippen molar-refractivity contribution in [1.82, 2.24) is 4.90 Å². The number of methoxy groups -OCH3 is 1. The van der Waals surface area contributed by atoms with Crippen LogP contribution in [0.2, 0.25) is 0 Å². The van der Waals surface area contributed by atoms with Crippen LogP contribution >= 0.6 is 0 Å². The molecular formula is C18H21NO3. The van der Waals surface area contributed by atoms with Gasteiger partial charge in [-0.3, -0.25) is 0 Å². The Morgan fingerprint density at radius 3 is 3.36 bits per heavy atom. The lowest BCUT2D eigenvalue weighted by atomic mass is 9.53. The van der Waals surface area contributed by atoms with E-state index in [0.717, 1.165) is 11.0 Å². The second-order valence-corrected chi connectivity index (χ2v) is 5.94. The smallest absolute Gasteiger partial charge is 0.211 e. The van der Waals surface area contributed by atoms with Crippen LogP contribution in [0, 0.1) is 5.89 Å². The number of piperidine rings is 1. The lowest BCUT2D eigenvalue weighted by Gasteiger charge is -2.56. The molecule has 2 bridgehead atoms. The minimum atomic E-state index is -2.74. The van der Waals surface area contributed by atoms with Crippen molar-refractivity contribution in [2.24, 2.45) is 5.89 Å². The van der Waals surface area contributed by atoms with E-state index in [0.29, 0.717) is 0 Å². The summed E-state index contributed by atoms with van der Waals surface area (Å²) in [6, 6.07) is -2.84. The van der Waals surface area contributed by atoms with Crippen LogP contribution in [0.4, 0.5) is 0 Å². The third-order valence-electron chi connectivity index (χ3n) is 5.06. The predicted molar refractivity (Wildman–Crippen MR) is 82.5 cm³/mol. The molecule has 0 amide bonds. The number of likely N-dealkylation sites (tertiary alicyclic amines) is 1. The molecule has 1 spiro atoms. The maximum absolute atomic E-state index is 9.50. The Morgan fingerprint density at radius 1 is 1.59 bits per heavy atom. The van der Waals surface area contributed by atoms with Gasteiger partial charge < -0.3 is 19.5 Å². The summed E-state index contributed by atoms with van der Waals surface area (Å²) in [5, 5.41) is 4.64. The molecule has 1 saturated heterocycles. The summed E-state index contributed by atoms with van der Waals surface area (Å²) in [5.41, 5.74) is -1.50. The normalized spacial score (nSPS) is 61.5. The number of nitrogens with zero attached hydrogens (tertiary/aromatic N) is 1. The van der Waals surface area contributed by atoms with E-state index in [1.165, 1.54) is 13.2 Å². The van der Waals surface area contributed by atoms with Crippen molar-refractivity contribution in [1.29, 1.82) is 1.43 Å². The molecule has 1 aromatic carbocycles. The number of hydrogen-bond donors (Lipinski definition) is 1. The van der Waals surface area contributed by atoms with Crippen LogP contribution in [0.5, 0.6) is 11.5 Å². The van der Waals surface area contributed by atoms with Gasteiger partial charge in [-0.25, -0.2) is 0 Å². The topological polar surface area (TPSA) is 41.9 Å². The van der Waals surface area contributed by atoms with Gasteiger partial charge in [0, 0.05) is 29.7 Å². The van der Waals surface area contributed by atoms with E-state index in [4.69, 9.17) is 19.1 Å². The SMILES string of the molecule is [2H]OC1([2H])C=C[C@@]2([2H])[C@@]3([2H])Cc4c([2H])c([2H])c(OC)c5c4[C@@]2(CCN3C([2H])([2H])[2H])C1([2H])O5. The van der Waals surface area contributed by atoms with Crippen LogP contribution in [0.1, 0.15) is 29.9 Å². The summed E-state index contributed by atoms with van der Waals surface area (Å²) in [5.74, 6) is -2.33. The van der Waals surface area contributed by atoms with Gasteiger partial charge in [0.1, 0.15) is 12.2 Å². The van der Waals surface area contributed by atoms with Crippen molar-refractivity contribution in [3.8, 4) is 11.5 Å². The maximum atomic E-state index is 9.50. The molecule has 0 aromatic heterocycles. The highest BCUT2D eigenvalue weighted by atomic mass is 16.5. The first-order chi connectivity index (χ1) is 14.7. The van der Waals surface area contributed by atoms with Crippen molar-refractivity contribution in [3.63, 3.8) is 0 Å². The number of likely N-dealkylation sites (N-methyl/N-ethyl adjacent to an activating group) is 1. The highest BCUT2D eigenvalue weighted by molar-refractivity contribution is 5.62. The van der Waals surface area contributed by atoms with Gasteiger partial charge in [0.2, 0.25) is 1.43 Å². The predicted octanol–water partition coefficient (Wildman–Crippen LogP) is 1.50. The zero-order valence-electron chi connectivity index (χ0n) is 21.9. The molecule has 4 nitrogen and oxygen atoms in total. The molecule has 2 aliphatic heterocycles. The summed E-state index contributed by atoms with van der Waals surface area (Å²) >= 11 is 0. The van der Waals surface area contributed by atoms with E-state index in [1.807, 2.05) is 0 Å². The zero-order valence-corrected chi connectivity index (χ0v) is 11.9. The molecular weight excluding hydrogens is 278 g/mol. The fourth-order valence-electron chi connectivity index (χ4n) is 4.16. The molecule has 4 aliphatic rings. The highest BCUT2D eigenvalue weighted by Crippen LogP contribution is 2.62. The lowest BCUT2D eigenvalue weighted by molar-refractivity contribution is -0.0453. The van der Waals surface area contributed by atoms with Gasteiger partial charge in [-0.05, 0) is 38.0 Å². The molecule has 1 N–H and O–H groups in total. The van der Waals surface area contributed by atoms with Crippen LogP contribution in [0.3, 0.4) is 0 Å². The molecule has 22 heavy (non-hydrogen) atoms. The van der Waals surface area contributed by atoms with Crippen molar-refractivity contribution >= 4 is 0 Å². The van der Waals surface area contributed by atoms with E-state index in [9.17, 15) is 4.11 Å². The third kappa shape index (κ3) is 1.28.